The maximum Gasteiger partial charge on any atom is 0.335 e. The molecule has 9 aromatic rings. The van der Waals surface area contributed by atoms with E-state index in [1.54, 1.807) is 61.7 Å². The second-order valence-electron chi connectivity index (χ2n) is 21.7. The van der Waals surface area contributed by atoms with Gasteiger partial charge in [-0.25, -0.2) is 19.7 Å². The van der Waals surface area contributed by atoms with Gasteiger partial charge in [-0.15, -0.1) is 0 Å². The van der Waals surface area contributed by atoms with Gasteiger partial charge in [-0.1, -0.05) is 6.07 Å². The number of anilines is 7. The fourth-order valence-corrected chi connectivity index (χ4v) is 9.74. The first-order valence-corrected chi connectivity index (χ1v) is 28.7. The molecule has 1 atom stereocenters. The van der Waals surface area contributed by atoms with Crippen LogP contribution >= 0.6 is 0 Å². The Kier molecular flexibility index (Phi) is 19.6. The molecular formula is C60H66N22O12. The first-order valence-electron chi connectivity index (χ1n) is 28.7. The molecule has 0 aliphatic carbocycles. The van der Waals surface area contributed by atoms with Crippen molar-refractivity contribution in [2.75, 3.05) is 56.9 Å². The van der Waals surface area contributed by atoms with E-state index in [9.17, 15) is 57.8 Å². The standard InChI is InChI=1S/C60H66N22O12/c1-75-18-17-62-47(75)57(90)74-46-31-82(8)49(72-46)59(92)70-38-23-43(79(5)29-38)55(88)67-35-21-41(77(3)26-35)53(86)65-16-13-39(61)51(84)73-45-30-81(7)48(71-45)58(91)69-37-24-44(80(6)28-37)56(89)68-36-22-42(78(4)27-36)54(87)66-34-20-40(76(2)25-34)52(85)64-15-10-14-63-50(83)32-11-9-12-33(19-32)60(93)94/h9,11-12,17-31,39H,10,13-16,61H2,1-8H3,(H,63,83)(H,64,85)(H,65,86)(H,66,87)(H,67,88)(H,68,89)(H,69,91)(H,70,92)(H,73,84)(H,74,90)(H,93,94)/t39-/m1/s1. The van der Waals surface area contributed by atoms with E-state index in [1.807, 2.05) is 0 Å². The van der Waals surface area contributed by atoms with Crippen molar-refractivity contribution < 1.29 is 57.8 Å². The lowest BCUT2D eigenvalue weighted by atomic mass is 10.1. The maximum absolute atomic E-state index is 13.5. The van der Waals surface area contributed by atoms with Gasteiger partial charge in [-0.3, -0.25) is 47.9 Å². The van der Waals surface area contributed by atoms with Crippen molar-refractivity contribution in [2.24, 2.45) is 62.1 Å². The van der Waals surface area contributed by atoms with Crippen molar-refractivity contribution in [3.8, 4) is 0 Å². The zero-order valence-corrected chi connectivity index (χ0v) is 51.9. The number of nitrogens with two attached hydrogens (primary N) is 1. The van der Waals surface area contributed by atoms with Gasteiger partial charge in [0.25, 0.3) is 53.2 Å². The van der Waals surface area contributed by atoms with Crippen LogP contribution in [0.4, 0.5) is 40.1 Å². The Morgan fingerprint density at radius 1 is 0.415 bits per heavy atom. The molecule has 0 saturated heterocycles. The number of nitrogens with zero attached hydrogens (tertiary/aromatic N) is 11. The number of carboxylic acid groups (broad SMARTS) is 1. The van der Waals surface area contributed by atoms with Crippen LogP contribution in [0.15, 0.2) is 110 Å². The molecule has 0 aliphatic heterocycles. The summed E-state index contributed by atoms with van der Waals surface area (Å²) in [7, 11) is 12.8. The van der Waals surface area contributed by atoms with E-state index >= 15 is 0 Å². The fraction of sp³-hybridized carbons (Fsp3) is 0.233. The number of amides is 10. The van der Waals surface area contributed by atoms with Gasteiger partial charge in [-0.2, -0.15) is 0 Å². The quantitative estimate of drug-likeness (QED) is 0.0366. The van der Waals surface area contributed by atoms with Crippen molar-refractivity contribution >= 4 is 105 Å². The number of carbonyl (C=O) groups is 11. The summed E-state index contributed by atoms with van der Waals surface area (Å²) in [6.07, 6.45) is 14.0. The van der Waals surface area contributed by atoms with E-state index < -0.39 is 71.1 Å². The zero-order valence-electron chi connectivity index (χ0n) is 51.9. The number of rotatable bonds is 25. The second-order valence-corrected chi connectivity index (χ2v) is 21.7. The highest BCUT2D eigenvalue weighted by Gasteiger charge is 2.25. The van der Waals surface area contributed by atoms with Gasteiger partial charge in [0, 0.05) is 137 Å². The van der Waals surface area contributed by atoms with Crippen molar-refractivity contribution in [3.05, 3.63) is 167 Å². The van der Waals surface area contributed by atoms with Crippen LogP contribution in [0.1, 0.15) is 118 Å². The molecule has 0 aliphatic rings. The third kappa shape index (κ3) is 15.5. The van der Waals surface area contributed by atoms with Gasteiger partial charge in [0.1, 0.15) is 28.5 Å². The normalized spacial score (nSPS) is 11.3. The van der Waals surface area contributed by atoms with Gasteiger partial charge < -0.3 is 101 Å². The molecule has 10 amide bonds. The molecule has 34 heteroatoms. The van der Waals surface area contributed by atoms with E-state index in [2.05, 4.69) is 68.1 Å². The molecule has 9 rings (SSSR count). The molecule has 0 spiro atoms. The van der Waals surface area contributed by atoms with Gasteiger partial charge in [0.05, 0.1) is 40.0 Å². The Morgan fingerprint density at radius 3 is 1.20 bits per heavy atom. The van der Waals surface area contributed by atoms with E-state index in [0.29, 0.717) is 12.1 Å². The molecule has 8 aromatic heterocycles. The topological polar surface area (TPSA) is 432 Å². The third-order valence-corrected chi connectivity index (χ3v) is 14.5. The molecule has 1 aromatic carbocycles. The molecule has 34 nitrogen and oxygen atoms in total. The average Bonchev–Trinajstić information content (AvgIpc) is 1.72. The zero-order chi connectivity index (χ0) is 67.8. The number of nitrogens with one attached hydrogen (secondary N) is 10. The van der Waals surface area contributed by atoms with Gasteiger partial charge in [0.2, 0.25) is 17.6 Å². The van der Waals surface area contributed by atoms with Crippen LogP contribution in [-0.4, -0.2) is 147 Å². The van der Waals surface area contributed by atoms with Crippen LogP contribution in [0.5, 0.6) is 0 Å². The summed E-state index contributed by atoms with van der Waals surface area (Å²) in [4.78, 5) is 155. The SMILES string of the molecule is Cn1cc(NC(=O)c2cc(NC(=O)c3cc(NC(=O)c4nc(NC(=O)[C@H](N)CCNC(=O)c5cc(NC(=O)c6cc(NC(=O)c7nc(NC(=O)c8nccn8C)cn7C)cn6C)cn5C)cn4C)cn3C)cn2C)cc1C(=O)NCCCNC(=O)c1cccc(C(=O)O)c1. The summed E-state index contributed by atoms with van der Waals surface area (Å²) < 4.78 is 11.8. The predicted molar refractivity (Wildman–Crippen MR) is 341 cm³/mol. The van der Waals surface area contributed by atoms with Crippen LogP contribution in [0.2, 0.25) is 0 Å². The van der Waals surface area contributed by atoms with Crippen molar-refractivity contribution in [2.45, 2.75) is 18.9 Å². The Hall–Kier alpha value is -12.6. The van der Waals surface area contributed by atoms with Crippen LogP contribution in [0, 0.1) is 0 Å². The average molecular weight is 1290 g/mol. The second kappa shape index (κ2) is 28.0. The molecular weight excluding hydrogens is 1220 g/mol. The van der Waals surface area contributed by atoms with Crippen molar-refractivity contribution in [3.63, 3.8) is 0 Å². The van der Waals surface area contributed by atoms with E-state index in [-0.39, 0.29) is 118 Å². The summed E-state index contributed by atoms with van der Waals surface area (Å²) in [6.45, 7) is 0.394. The summed E-state index contributed by atoms with van der Waals surface area (Å²) >= 11 is 0. The molecule has 13 N–H and O–H groups in total. The highest BCUT2D eigenvalue weighted by molar-refractivity contribution is 6.10. The number of aryl methyl sites for hydroxylation is 8. The first kappa shape index (κ1) is 65.8. The van der Waals surface area contributed by atoms with E-state index in [1.165, 1.54) is 142 Å². The van der Waals surface area contributed by atoms with Gasteiger partial charge in [0.15, 0.2) is 17.5 Å². The van der Waals surface area contributed by atoms with E-state index in [0.717, 1.165) is 0 Å². The summed E-state index contributed by atoms with van der Waals surface area (Å²) in [5.41, 5.74) is 8.66. The number of hydrogen-bond acceptors (Lipinski definition) is 15. The summed E-state index contributed by atoms with van der Waals surface area (Å²) in [5, 5.41) is 36.2. The Bertz CT molecular complexity index is 4480. The van der Waals surface area contributed by atoms with Crippen LogP contribution < -0.4 is 58.9 Å². The highest BCUT2D eigenvalue weighted by atomic mass is 16.4. The molecule has 8 heterocycles. The predicted octanol–water partition coefficient (Wildman–Crippen LogP) is 2.43. The number of hydrogen-bond donors (Lipinski definition) is 12. The van der Waals surface area contributed by atoms with Gasteiger partial charge >= 0.3 is 5.97 Å². The Morgan fingerprint density at radius 2 is 0.787 bits per heavy atom. The lowest BCUT2D eigenvalue weighted by Gasteiger charge is -2.11. The third-order valence-electron chi connectivity index (χ3n) is 14.5. The first-order chi connectivity index (χ1) is 44.7. The van der Waals surface area contributed by atoms with Crippen LogP contribution in [0.3, 0.4) is 0 Å². The van der Waals surface area contributed by atoms with Gasteiger partial charge in [-0.05, 0) is 61.4 Å². The minimum absolute atomic E-state index is 0.00104. The largest absolute Gasteiger partial charge is 0.478 e. The molecule has 0 fully saturated rings. The lowest BCUT2D eigenvalue weighted by molar-refractivity contribution is -0.117. The van der Waals surface area contributed by atoms with Crippen molar-refractivity contribution in [1.29, 1.82) is 0 Å². The maximum atomic E-state index is 13.5. The number of imidazole rings is 3. The summed E-state index contributed by atoms with van der Waals surface area (Å²) in [5.74, 6) is -6.50. The van der Waals surface area contributed by atoms with Crippen molar-refractivity contribution in [1.82, 2.24) is 67.4 Å². The monoisotopic (exact) mass is 1290 g/mol. The fourth-order valence-electron chi connectivity index (χ4n) is 9.74. The number of aromatic nitrogens is 11. The number of carbonyl (C=O) groups excluding carboxylic acids is 10. The lowest BCUT2D eigenvalue weighted by Crippen LogP contribution is -2.39. The Balaban J connectivity index is 0.691. The molecule has 0 unspecified atom stereocenters. The Labute approximate surface area is 533 Å². The van der Waals surface area contributed by atoms with Crippen LogP contribution in [0.25, 0.3) is 0 Å². The summed E-state index contributed by atoms with van der Waals surface area (Å²) in [6, 6.07) is 11.8. The number of benzene rings is 1. The minimum atomic E-state index is -1.15. The highest BCUT2D eigenvalue weighted by Crippen LogP contribution is 2.23. The smallest absolute Gasteiger partial charge is 0.335 e. The molecule has 0 saturated carbocycles. The van der Waals surface area contributed by atoms with Crippen LogP contribution in [-0.2, 0) is 61.2 Å². The minimum Gasteiger partial charge on any atom is -0.478 e. The van der Waals surface area contributed by atoms with E-state index in [4.69, 9.17) is 5.73 Å². The molecule has 488 valence electrons. The number of carboxylic acids is 1. The molecule has 94 heavy (non-hydrogen) atoms. The number of aromatic carboxylic acids is 1. The molecule has 0 bridgehead atoms. The molecule has 0 radical (unpaired) electrons.